The van der Waals surface area contributed by atoms with Crippen molar-refractivity contribution in [2.45, 2.75) is 20.3 Å². The summed E-state index contributed by atoms with van der Waals surface area (Å²) in [6, 6.07) is 4.20. The van der Waals surface area contributed by atoms with Crippen molar-refractivity contribution >= 4 is 11.8 Å². The molecule has 0 aromatic rings. The van der Waals surface area contributed by atoms with Crippen molar-refractivity contribution in [1.29, 1.82) is 10.5 Å². The summed E-state index contributed by atoms with van der Waals surface area (Å²) in [5.74, 6) is -3.12. The van der Waals surface area contributed by atoms with E-state index < -0.39 is 17.8 Å². The molecule has 0 bridgehead atoms. The molecule has 8 heteroatoms. The van der Waals surface area contributed by atoms with Gasteiger partial charge in [-0.15, -0.1) is 0 Å². The van der Waals surface area contributed by atoms with E-state index in [-0.39, 0.29) is 17.7 Å². The number of amides is 2. The van der Waals surface area contributed by atoms with Crippen LogP contribution in [0.2, 0.25) is 0 Å². The summed E-state index contributed by atoms with van der Waals surface area (Å²) in [6.45, 7) is 7.41. The standard InChI is InChI=1S/C19H28N4O4/c1-14(2)11-15(16(12-20)18(24)22-3-7-26-8-4-22)17(13-21)19(25)23-5-9-27-10-6-23/h14-17H,3-11H2,1-2H3/t16-,17-/m1/s1. The first kappa shape index (κ1) is 21.1. The average Bonchev–Trinajstić information content (AvgIpc) is 2.69. The number of ether oxygens (including phenoxy) is 2. The molecule has 0 aromatic heterocycles. The molecule has 2 fully saturated rings. The first-order chi connectivity index (χ1) is 13.0. The highest BCUT2D eigenvalue weighted by atomic mass is 16.5. The molecule has 2 rings (SSSR count). The van der Waals surface area contributed by atoms with Gasteiger partial charge < -0.3 is 19.3 Å². The Balaban J connectivity index is 2.24. The Morgan fingerprint density at radius 2 is 1.22 bits per heavy atom. The zero-order chi connectivity index (χ0) is 19.8. The molecule has 0 spiro atoms. The number of nitriles is 2. The highest BCUT2D eigenvalue weighted by Gasteiger charge is 2.42. The molecule has 148 valence electrons. The van der Waals surface area contributed by atoms with Gasteiger partial charge in [-0.2, -0.15) is 10.5 Å². The summed E-state index contributed by atoms with van der Waals surface area (Å²) >= 11 is 0. The molecule has 0 aliphatic carbocycles. The molecule has 27 heavy (non-hydrogen) atoms. The van der Waals surface area contributed by atoms with Gasteiger partial charge in [-0.25, -0.2) is 0 Å². The molecule has 2 saturated heterocycles. The number of carbonyl (C=O) groups excluding carboxylic acids is 2. The number of morpholine rings is 2. The van der Waals surface area contributed by atoms with Crippen molar-refractivity contribution in [3.05, 3.63) is 0 Å². The first-order valence-corrected chi connectivity index (χ1v) is 9.51. The second-order valence-corrected chi connectivity index (χ2v) is 7.38. The third-order valence-corrected chi connectivity index (χ3v) is 5.06. The maximum absolute atomic E-state index is 13.0. The monoisotopic (exact) mass is 376 g/mol. The lowest BCUT2D eigenvalue weighted by molar-refractivity contribution is -0.144. The van der Waals surface area contributed by atoms with E-state index in [4.69, 9.17) is 9.47 Å². The number of carbonyl (C=O) groups is 2. The molecule has 2 aliphatic rings. The maximum atomic E-state index is 13.0. The molecule has 0 saturated carbocycles. The summed E-state index contributed by atoms with van der Waals surface area (Å²) in [6.07, 6.45) is 0.461. The van der Waals surface area contributed by atoms with Gasteiger partial charge in [0.25, 0.3) is 0 Å². The molecular weight excluding hydrogens is 348 g/mol. The normalized spacial score (nSPS) is 20.1. The fourth-order valence-electron chi connectivity index (χ4n) is 3.64. The number of rotatable bonds is 6. The zero-order valence-corrected chi connectivity index (χ0v) is 16.1. The van der Waals surface area contributed by atoms with Crippen molar-refractivity contribution in [2.24, 2.45) is 23.7 Å². The van der Waals surface area contributed by atoms with E-state index in [2.05, 4.69) is 12.1 Å². The van der Waals surface area contributed by atoms with Gasteiger partial charge in [0.05, 0.1) is 38.6 Å². The van der Waals surface area contributed by atoms with E-state index in [1.54, 1.807) is 9.80 Å². The molecule has 2 aliphatic heterocycles. The second-order valence-electron chi connectivity index (χ2n) is 7.38. The Kier molecular flexibility index (Phi) is 8.02. The molecule has 0 radical (unpaired) electrons. The number of nitrogens with zero attached hydrogens (tertiary/aromatic N) is 4. The van der Waals surface area contributed by atoms with E-state index in [0.717, 1.165) is 0 Å². The first-order valence-electron chi connectivity index (χ1n) is 9.51. The Labute approximate surface area is 160 Å². The van der Waals surface area contributed by atoms with Crippen LogP contribution in [-0.4, -0.2) is 74.2 Å². The van der Waals surface area contributed by atoms with Gasteiger partial charge in [0.1, 0.15) is 11.8 Å². The van der Waals surface area contributed by atoms with Crippen molar-refractivity contribution in [3.8, 4) is 12.1 Å². The van der Waals surface area contributed by atoms with Crippen molar-refractivity contribution < 1.29 is 19.1 Å². The molecule has 0 aromatic carbocycles. The zero-order valence-electron chi connectivity index (χ0n) is 16.1. The minimum Gasteiger partial charge on any atom is -0.378 e. The lowest BCUT2D eigenvalue weighted by Gasteiger charge is -2.35. The van der Waals surface area contributed by atoms with Gasteiger partial charge in [-0.1, -0.05) is 13.8 Å². The Morgan fingerprint density at radius 3 is 1.52 bits per heavy atom. The Morgan fingerprint density at radius 1 is 0.852 bits per heavy atom. The third-order valence-electron chi connectivity index (χ3n) is 5.06. The summed E-state index contributed by atoms with van der Waals surface area (Å²) in [7, 11) is 0. The molecule has 0 N–H and O–H groups in total. The second kappa shape index (κ2) is 10.2. The van der Waals surface area contributed by atoms with Crippen LogP contribution in [0.1, 0.15) is 20.3 Å². The van der Waals surface area contributed by atoms with Gasteiger partial charge in [0.15, 0.2) is 0 Å². The van der Waals surface area contributed by atoms with Crippen molar-refractivity contribution in [1.82, 2.24) is 9.80 Å². The maximum Gasteiger partial charge on any atom is 0.240 e. The minimum absolute atomic E-state index is 0.150. The Bertz CT molecular complexity index is 550. The van der Waals surface area contributed by atoms with Crippen LogP contribution in [0.4, 0.5) is 0 Å². The molecule has 2 atom stereocenters. The number of hydrogen-bond acceptors (Lipinski definition) is 6. The quantitative estimate of drug-likeness (QED) is 0.673. The largest absolute Gasteiger partial charge is 0.378 e. The topological polar surface area (TPSA) is 107 Å². The fourth-order valence-corrected chi connectivity index (χ4v) is 3.64. The van der Waals surface area contributed by atoms with Gasteiger partial charge in [0.2, 0.25) is 11.8 Å². The van der Waals surface area contributed by atoms with Gasteiger partial charge in [-0.05, 0) is 12.3 Å². The number of hydrogen-bond donors (Lipinski definition) is 0. The van der Waals surface area contributed by atoms with Gasteiger partial charge in [-0.3, -0.25) is 9.59 Å². The van der Waals surface area contributed by atoms with Crippen LogP contribution < -0.4 is 0 Å². The fraction of sp³-hybridized carbons (Fsp3) is 0.789. The van der Waals surface area contributed by atoms with Crippen LogP contribution in [-0.2, 0) is 19.1 Å². The predicted octanol–water partition coefficient (Wildman–Crippen LogP) is 0.646. The lowest BCUT2D eigenvalue weighted by atomic mass is 9.76. The van der Waals surface area contributed by atoms with Crippen LogP contribution in [0.15, 0.2) is 0 Å². The van der Waals surface area contributed by atoms with Crippen molar-refractivity contribution in [2.75, 3.05) is 52.6 Å². The minimum atomic E-state index is -1.01. The van der Waals surface area contributed by atoms with Crippen molar-refractivity contribution in [3.63, 3.8) is 0 Å². The van der Waals surface area contributed by atoms with E-state index in [1.165, 1.54) is 0 Å². The van der Waals surface area contributed by atoms with Crippen LogP contribution in [0.5, 0.6) is 0 Å². The van der Waals surface area contributed by atoms with E-state index in [1.807, 2.05) is 13.8 Å². The summed E-state index contributed by atoms with van der Waals surface area (Å²) in [4.78, 5) is 29.1. The van der Waals surface area contributed by atoms with E-state index >= 15 is 0 Å². The average molecular weight is 376 g/mol. The van der Waals surface area contributed by atoms with Gasteiger partial charge in [0, 0.05) is 32.1 Å². The highest BCUT2D eigenvalue weighted by molar-refractivity contribution is 5.85. The van der Waals surface area contributed by atoms with Gasteiger partial charge >= 0.3 is 0 Å². The molecular formula is C19H28N4O4. The SMILES string of the molecule is CC(C)CC([C@@H](C#N)C(=O)N1CCOCC1)[C@@H](C#N)C(=O)N1CCOCC1. The summed E-state index contributed by atoms with van der Waals surface area (Å²) in [5, 5.41) is 19.5. The highest BCUT2D eigenvalue weighted by Crippen LogP contribution is 2.31. The molecule has 2 amide bonds. The third kappa shape index (κ3) is 5.41. The smallest absolute Gasteiger partial charge is 0.240 e. The van der Waals surface area contributed by atoms with E-state index in [9.17, 15) is 20.1 Å². The summed E-state index contributed by atoms with van der Waals surface area (Å²) in [5.41, 5.74) is 0. The van der Waals surface area contributed by atoms with Crippen LogP contribution in [0.25, 0.3) is 0 Å². The van der Waals surface area contributed by atoms with Crippen LogP contribution in [0.3, 0.4) is 0 Å². The lowest BCUT2D eigenvalue weighted by Crippen LogP contribution is -2.49. The van der Waals surface area contributed by atoms with E-state index in [0.29, 0.717) is 59.0 Å². The molecule has 0 unspecified atom stereocenters. The van der Waals surface area contributed by atoms with Crippen LogP contribution >= 0.6 is 0 Å². The predicted molar refractivity (Wildman–Crippen MR) is 95.9 cm³/mol. The Hall–Kier alpha value is -2.16. The summed E-state index contributed by atoms with van der Waals surface area (Å²) < 4.78 is 10.5. The van der Waals surface area contributed by atoms with Crippen LogP contribution in [0, 0.1) is 46.3 Å². The molecule has 2 heterocycles. The molecule has 8 nitrogen and oxygen atoms in total.